The van der Waals surface area contributed by atoms with Crippen LogP contribution < -0.4 is 5.32 Å². The fourth-order valence-electron chi connectivity index (χ4n) is 3.75. The molecule has 114 valence electrons. The Morgan fingerprint density at radius 2 is 1.81 bits per heavy atom. The molecule has 3 rings (SSSR count). The van der Waals surface area contributed by atoms with Crippen LogP contribution >= 0.6 is 0 Å². The van der Waals surface area contributed by atoms with E-state index in [0.717, 1.165) is 19.3 Å². The molecule has 0 bridgehead atoms. The molecule has 0 spiro atoms. The summed E-state index contributed by atoms with van der Waals surface area (Å²) in [6.07, 6.45) is 6.51. The first kappa shape index (κ1) is 14.6. The quantitative estimate of drug-likeness (QED) is 0.925. The summed E-state index contributed by atoms with van der Waals surface area (Å²) in [5.74, 6) is -0.680. The molecule has 2 aliphatic rings. The fraction of sp³-hybridized carbons (Fsp3) is 0.588. The summed E-state index contributed by atoms with van der Waals surface area (Å²) in [4.78, 5) is 12.4. The van der Waals surface area contributed by atoms with Gasteiger partial charge in [0.25, 0.3) is 0 Å². The molecule has 0 radical (unpaired) electrons. The first-order valence-corrected chi connectivity index (χ1v) is 7.87. The van der Waals surface area contributed by atoms with Crippen molar-refractivity contribution in [1.82, 2.24) is 5.32 Å². The zero-order valence-electron chi connectivity index (χ0n) is 12.1. The number of carbonyl (C=O) groups is 1. The van der Waals surface area contributed by atoms with Gasteiger partial charge in [0, 0.05) is 18.0 Å². The van der Waals surface area contributed by atoms with Crippen molar-refractivity contribution in [1.29, 1.82) is 0 Å². The van der Waals surface area contributed by atoms with E-state index in [1.807, 2.05) is 0 Å². The third-order valence-corrected chi connectivity index (χ3v) is 4.95. The van der Waals surface area contributed by atoms with Crippen LogP contribution in [0.2, 0.25) is 0 Å². The van der Waals surface area contributed by atoms with Gasteiger partial charge in [-0.3, -0.25) is 4.79 Å². The average molecular weight is 293 g/mol. The van der Waals surface area contributed by atoms with Crippen molar-refractivity contribution < 1.29 is 13.6 Å². The van der Waals surface area contributed by atoms with Gasteiger partial charge in [-0.15, -0.1) is 0 Å². The van der Waals surface area contributed by atoms with E-state index < -0.39 is 11.6 Å². The predicted molar refractivity (Wildman–Crippen MR) is 77.0 cm³/mol. The molecule has 1 saturated carbocycles. The summed E-state index contributed by atoms with van der Waals surface area (Å²) in [5.41, 5.74) is -0.102. The normalized spacial score (nSPS) is 29.0. The minimum atomic E-state index is -0.630. The summed E-state index contributed by atoms with van der Waals surface area (Å²) in [7, 11) is 0. The number of rotatable bonds is 3. The molecule has 21 heavy (non-hydrogen) atoms. The zero-order valence-corrected chi connectivity index (χ0v) is 12.1. The molecule has 1 aliphatic heterocycles. The van der Waals surface area contributed by atoms with Crippen molar-refractivity contribution in [3.63, 3.8) is 0 Å². The lowest BCUT2D eigenvalue weighted by molar-refractivity contribution is -0.121. The number of halogens is 2. The lowest BCUT2D eigenvalue weighted by Gasteiger charge is -2.40. The monoisotopic (exact) mass is 293 g/mol. The van der Waals surface area contributed by atoms with Crippen molar-refractivity contribution in [2.24, 2.45) is 5.92 Å². The van der Waals surface area contributed by atoms with E-state index in [-0.39, 0.29) is 23.8 Å². The third-order valence-electron chi connectivity index (χ3n) is 4.95. The maximum Gasteiger partial charge on any atom is 0.154 e. The second kappa shape index (κ2) is 6.22. The molecule has 1 aromatic carbocycles. The summed E-state index contributed by atoms with van der Waals surface area (Å²) in [6, 6.07) is 3.90. The van der Waals surface area contributed by atoms with Crippen LogP contribution in [0.4, 0.5) is 8.78 Å². The Labute approximate surface area is 123 Å². The number of piperidine rings is 1. The maximum atomic E-state index is 13.6. The van der Waals surface area contributed by atoms with Crippen molar-refractivity contribution in [3.8, 4) is 0 Å². The highest BCUT2D eigenvalue weighted by Crippen LogP contribution is 2.32. The Hall–Kier alpha value is -1.29. The lowest BCUT2D eigenvalue weighted by Crippen LogP contribution is -2.52. The molecule has 4 heteroatoms. The minimum absolute atomic E-state index is 0.0944. The Bertz CT molecular complexity index is 511. The molecule has 3 atom stereocenters. The molecule has 1 aliphatic carbocycles. The molecule has 3 unspecified atom stereocenters. The van der Waals surface area contributed by atoms with E-state index in [0.29, 0.717) is 12.0 Å². The highest BCUT2D eigenvalue weighted by atomic mass is 19.1. The molecule has 0 amide bonds. The van der Waals surface area contributed by atoms with E-state index in [4.69, 9.17) is 0 Å². The summed E-state index contributed by atoms with van der Waals surface area (Å²) in [6.45, 7) is 0. The highest BCUT2D eigenvalue weighted by molar-refractivity contribution is 5.86. The number of hydrogen-bond acceptors (Lipinski definition) is 2. The number of hydrogen-bond donors (Lipinski definition) is 1. The van der Waals surface area contributed by atoms with Gasteiger partial charge in [-0.2, -0.15) is 0 Å². The molecule has 1 heterocycles. The molecular formula is C17H21F2NO. The minimum Gasteiger partial charge on any atom is -0.304 e. The smallest absolute Gasteiger partial charge is 0.154 e. The Morgan fingerprint density at radius 3 is 2.57 bits per heavy atom. The standard InChI is InChI=1S/C17H21F2NO/c18-13-5-3-6-14(19)12(13)10-17(21)16-9-8-11-4-1-2-7-15(11)20-16/h3,5-6,11,15-16,20H,1-2,4,7-10H2. The van der Waals surface area contributed by atoms with Crippen molar-refractivity contribution in [2.75, 3.05) is 0 Å². The number of ketones is 1. The van der Waals surface area contributed by atoms with Crippen LogP contribution in [0.1, 0.15) is 44.1 Å². The Kier molecular flexibility index (Phi) is 4.34. The molecule has 2 nitrogen and oxygen atoms in total. The average Bonchev–Trinajstić information content (AvgIpc) is 2.50. The van der Waals surface area contributed by atoms with Crippen LogP contribution in [0.15, 0.2) is 18.2 Å². The van der Waals surface area contributed by atoms with Gasteiger partial charge in [-0.25, -0.2) is 8.78 Å². The molecule has 1 saturated heterocycles. The fourth-order valence-corrected chi connectivity index (χ4v) is 3.75. The maximum absolute atomic E-state index is 13.6. The number of fused-ring (bicyclic) bond motifs is 1. The molecule has 1 aromatic rings. The predicted octanol–water partition coefficient (Wildman–Crippen LogP) is 3.39. The number of carbonyl (C=O) groups excluding carboxylic acids is 1. The Morgan fingerprint density at radius 1 is 1.10 bits per heavy atom. The first-order chi connectivity index (χ1) is 10.1. The van der Waals surface area contributed by atoms with E-state index >= 15 is 0 Å². The van der Waals surface area contributed by atoms with Crippen LogP contribution in [-0.2, 0) is 11.2 Å². The largest absolute Gasteiger partial charge is 0.304 e. The molecule has 2 fully saturated rings. The second-order valence-corrected chi connectivity index (χ2v) is 6.29. The van der Waals surface area contributed by atoms with Crippen LogP contribution in [0.5, 0.6) is 0 Å². The van der Waals surface area contributed by atoms with Crippen molar-refractivity contribution in [3.05, 3.63) is 35.4 Å². The van der Waals surface area contributed by atoms with Crippen molar-refractivity contribution in [2.45, 2.75) is 57.0 Å². The van der Waals surface area contributed by atoms with Gasteiger partial charge >= 0.3 is 0 Å². The van der Waals surface area contributed by atoms with E-state index in [9.17, 15) is 13.6 Å². The van der Waals surface area contributed by atoms with Gasteiger partial charge in [0.15, 0.2) is 5.78 Å². The van der Waals surface area contributed by atoms with Gasteiger partial charge < -0.3 is 5.32 Å². The van der Waals surface area contributed by atoms with E-state index in [1.54, 1.807) is 0 Å². The van der Waals surface area contributed by atoms with Gasteiger partial charge in [0.1, 0.15) is 11.6 Å². The topological polar surface area (TPSA) is 29.1 Å². The van der Waals surface area contributed by atoms with E-state index in [1.165, 1.54) is 37.5 Å². The van der Waals surface area contributed by atoms with E-state index in [2.05, 4.69) is 5.32 Å². The van der Waals surface area contributed by atoms with Gasteiger partial charge in [-0.05, 0) is 43.7 Å². The summed E-state index contributed by atoms with van der Waals surface area (Å²) >= 11 is 0. The first-order valence-electron chi connectivity index (χ1n) is 7.87. The van der Waals surface area contributed by atoms with Gasteiger partial charge in [0.05, 0.1) is 6.04 Å². The van der Waals surface area contributed by atoms with Gasteiger partial charge in [-0.1, -0.05) is 18.9 Å². The molecule has 0 aromatic heterocycles. The summed E-state index contributed by atoms with van der Waals surface area (Å²) in [5, 5.41) is 3.42. The van der Waals surface area contributed by atoms with Crippen LogP contribution in [0, 0.1) is 17.6 Å². The zero-order chi connectivity index (χ0) is 14.8. The third kappa shape index (κ3) is 3.15. The Balaban J connectivity index is 1.66. The SMILES string of the molecule is O=C(Cc1c(F)cccc1F)C1CCC2CCCCC2N1. The molecular weight excluding hydrogens is 272 g/mol. The van der Waals surface area contributed by atoms with Crippen molar-refractivity contribution >= 4 is 5.78 Å². The highest BCUT2D eigenvalue weighted by Gasteiger charge is 2.34. The van der Waals surface area contributed by atoms with Crippen LogP contribution in [-0.4, -0.2) is 17.9 Å². The number of nitrogens with one attached hydrogen (secondary N) is 1. The number of Topliss-reactive ketones (excluding diaryl/α,β-unsaturated/α-hetero) is 1. The second-order valence-electron chi connectivity index (χ2n) is 6.29. The molecule has 1 N–H and O–H groups in total. The van der Waals surface area contributed by atoms with Crippen LogP contribution in [0.25, 0.3) is 0 Å². The van der Waals surface area contributed by atoms with Gasteiger partial charge in [0.2, 0.25) is 0 Å². The van der Waals surface area contributed by atoms with Crippen LogP contribution in [0.3, 0.4) is 0 Å². The number of benzene rings is 1. The summed E-state index contributed by atoms with van der Waals surface area (Å²) < 4.78 is 27.3. The lowest BCUT2D eigenvalue weighted by atomic mass is 9.77.